The number of carbonyl (C=O) groups excluding carboxylic acids is 1. The van der Waals surface area contributed by atoms with Crippen molar-refractivity contribution in [3.63, 3.8) is 0 Å². The van der Waals surface area contributed by atoms with Gasteiger partial charge in [-0.25, -0.2) is 4.98 Å². The summed E-state index contributed by atoms with van der Waals surface area (Å²) in [5.74, 6) is 0.826. The Morgan fingerprint density at radius 1 is 1.26 bits per heavy atom. The van der Waals surface area contributed by atoms with Gasteiger partial charge in [0.15, 0.2) is 0 Å². The number of carbonyl (C=O) groups is 1. The standard InChI is InChI=1S/C16H20N6O/c1-4-6-22(11-15-17-5-7-20(15)2)16(23)12-8-14-13(18-9-12)10-19-21(14)3/h5,7-10H,4,6,11H2,1-3H3. The van der Waals surface area contributed by atoms with Crippen LogP contribution in [0.3, 0.4) is 0 Å². The Morgan fingerprint density at radius 3 is 2.78 bits per heavy atom. The van der Waals surface area contributed by atoms with Gasteiger partial charge in [-0.2, -0.15) is 5.10 Å². The van der Waals surface area contributed by atoms with Crippen LogP contribution in [0.2, 0.25) is 0 Å². The third-order valence-electron chi connectivity index (χ3n) is 3.88. The van der Waals surface area contributed by atoms with E-state index in [2.05, 4.69) is 22.0 Å². The van der Waals surface area contributed by atoms with Crippen molar-refractivity contribution in [1.82, 2.24) is 29.2 Å². The highest BCUT2D eigenvalue weighted by Gasteiger charge is 2.18. The lowest BCUT2D eigenvalue weighted by Crippen LogP contribution is -2.32. The molecule has 0 aromatic carbocycles. The van der Waals surface area contributed by atoms with Crippen LogP contribution < -0.4 is 0 Å². The second-order valence-electron chi connectivity index (χ2n) is 5.58. The van der Waals surface area contributed by atoms with Crippen molar-refractivity contribution in [1.29, 1.82) is 0 Å². The van der Waals surface area contributed by atoms with Gasteiger partial charge in [0.2, 0.25) is 0 Å². The predicted molar refractivity (Wildman–Crippen MR) is 86.7 cm³/mol. The molecule has 0 saturated carbocycles. The summed E-state index contributed by atoms with van der Waals surface area (Å²) in [6.07, 6.45) is 7.83. The molecule has 0 spiro atoms. The third kappa shape index (κ3) is 2.94. The number of amides is 1. The molecule has 0 N–H and O–H groups in total. The molecule has 0 aliphatic heterocycles. The lowest BCUT2D eigenvalue weighted by molar-refractivity contribution is 0.0737. The molecule has 23 heavy (non-hydrogen) atoms. The van der Waals surface area contributed by atoms with Crippen molar-refractivity contribution in [3.8, 4) is 0 Å². The molecule has 3 rings (SSSR count). The first-order chi connectivity index (χ1) is 11.1. The van der Waals surface area contributed by atoms with E-state index in [4.69, 9.17) is 0 Å². The fourth-order valence-electron chi connectivity index (χ4n) is 2.57. The maximum absolute atomic E-state index is 12.9. The fraction of sp³-hybridized carbons (Fsp3) is 0.375. The van der Waals surface area contributed by atoms with Gasteiger partial charge in [-0.05, 0) is 12.5 Å². The van der Waals surface area contributed by atoms with Gasteiger partial charge in [0.1, 0.15) is 11.3 Å². The smallest absolute Gasteiger partial charge is 0.255 e. The molecule has 0 fully saturated rings. The number of imidazole rings is 1. The van der Waals surface area contributed by atoms with Gasteiger partial charge < -0.3 is 9.47 Å². The van der Waals surface area contributed by atoms with Crippen LogP contribution in [0.25, 0.3) is 11.0 Å². The minimum Gasteiger partial charge on any atom is -0.337 e. The molecule has 7 nitrogen and oxygen atoms in total. The number of fused-ring (bicyclic) bond motifs is 1. The zero-order chi connectivity index (χ0) is 16.4. The lowest BCUT2D eigenvalue weighted by Gasteiger charge is -2.21. The molecule has 0 bridgehead atoms. The molecule has 3 heterocycles. The van der Waals surface area contributed by atoms with E-state index in [0.29, 0.717) is 18.7 Å². The topological polar surface area (TPSA) is 68.8 Å². The van der Waals surface area contributed by atoms with E-state index in [1.807, 2.05) is 35.8 Å². The summed E-state index contributed by atoms with van der Waals surface area (Å²) in [6.45, 7) is 3.22. The summed E-state index contributed by atoms with van der Waals surface area (Å²) in [4.78, 5) is 23.3. The summed E-state index contributed by atoms with van der Waals surface area (Å²) in [7, 11) is 3.77. The van der Waals surface area contributed by atoms with Crippen molar-refractivity contribution in [2.45, 2.75) is 19.9 Å². The highest BCUT2D eigenvalue weighted by molar-refractivity contribution is 5.96. The van der Waals surface area contributed by atoms with Gasteiger partial charge in [0.25, 0.3) is 5.91 Å². The Kier molecular flexibility index (Phi) is 4.10. The van der Waals surface area contributed by atoms with Gasteiger partial charge in [-0.15, -0.1) is 0 Å². The first-order valence-corrected chi connectivity index (χ1v) is 7.63. The lowest BCUT2D eigenvalue weighted by atomic mass is 10.2. The van der Waals surface area contributed by atoms with E-state index in [1.165, 1.54) is 0 Å². The maximum atomic E-state index is 12.9. The number of aromatic nitrogens is 5. The molecule has 3 aromatic heterocycles. The predicted octanol–water partition coefficient (Wildman–Crippen LogP) is 1.75. The fourth-order valence-corrected chi connectivity index (χ4v) is 2.57. The van der Waals surface area contributed by atoms with E-state index in [0.717, 1.165) is 23.3 Å². The second kappa shape index (κ2) is 6.20. The zero-order valence-electron chi connectivity index (χ0n) is 13.6. The minimum absolute atomic E-state index is 0.0366. The van der Waals surface area contributed by atoms with Crippen molar-refractivity contribution in [2.24, 2.45) is 14.1 Å². The summed E-state index contributed by atoms with van der Waals surface area (Å²) in [6, 6.07) is 1.85. The Balaban J connectivity index is 1.89. The van der Waals surface area contributed by atoms with Gasteiger partial charge in [0.05, 0.1) is 23.8 Å². The van der Waals surface area contributed by atoms with Crippen LogP contribution in [0, 0.1) is 0 Å². The zero-order valence-corrected chi connectivity index (χ0v) is 13.6. The quantitative estimate of drug-likeness (QED) is 0.720. The molecule has 120 valence electrons. The molecular weight excluding hydrogens is 292 g/mol. The largest absolute Gasteiger partial charge is 0.337 e. The molecular formula is C16H20N6O. The van der Waals surface area contributed by atoms with Crippen LogP contribution in [0.1, 0.15) is 29.5 Å². The second-order valence-corrected chi connectivity index (χ2v) is 5.58. The highest BCUT2D eigenvalue weighted by Crippen LogP contribution is 2.15. The molecule has 0 radical (unpaired) electrons. The van der Waals surface area contributed by atoms with Gasteiger partial charge in [-0.3, -0.25) is 14.5 Å². The number of rotatable bonds is 5. The SMILES string of the molecule is CCCN(Cc1nccn1C)C(=O)c1cnc2cnn(C)c2c1. The number of hydrogen-bond donors (Lipinski definition) is 0. The molecule has 0 saturated heterocycles. The number of nitrogens with zero attached hydrogens (tertiary/aromatic N) is 6. The van der Waals surface area contributed by atoms with Crippen LogP contribution in [0.15, 0.2) is 30.9 Å². The van der Waals surface area contributed by atoms with E-state index in [-0.39, 0.29) is 5.91 Å². The van der Waals surface area contributed by atoms with Gasteiger partial charge >= 0.3 is 0 Å². The van der Waals surface area contributed by atoms with Crippen molar-refractivity contribution in [3.05, 3.63) is 42.2 Å². The molecule has 3 aromatic rings. The summed E-state index contributed by atoms with van der Waals surface area (Å²) < 4.78 is 3.65. The maximum Gasteiger partial charge on any atom is 0.255 e. The molecule has 0 aliphatic rings. The van der Waals surface area contributed by atoms with E-state index in [9.17, 15) is 4.79 Å². The number of hydrogen-bond acceptors (Lipinski definition) is 4. The summed E-state index contributed by atoms with van der Waals surface area (Å²) in [5.41, 5.74) is 2.21. The van der Waals surface area contributed by atoms with Crippen LogP contribution >= 0.6 is 0 Å². The Morgan fingerprint density at radius 2 is 2.09 bits per heavy atom. The monoisotopic (exact) mass is 312 g/mol. The number of aryl methyl sites for hydroxylation is 2. The minimum atomic E-state index is -0.0366. The van der Waals surface area contributed by atoms with E-state index >= 15 is 0 Å². The Hall–Kier alpha value is -2.70. The molecule has 0 unspecified atom stereocenters. The number of pyridine rings is 1. The average Bonchev–Trinajstić information content (AvgIpc) is 3.12. The Bertz CT molecular complexity index is 834. The average molecular weight is 312 g/mol. The summed E-state index contributed by atoms with van der Waals surface area (Å²) in [5, 5.41) is 4.17. The van der Waals surface area contributed by atoms with Crippen molar-refractivity contribution in [2.75, 3.05) is 6.54 Å². The first-order valence-electron chi connectivity index (χ1n) is 7.63. The van der Waals surface area contributed by atoms with Gasteiger partial charge in [0, 0.05) is 39.2 Å². The van der Waals surface area contributed by atoms with Crippen LogP contribution in [0.5, 0.6) is 0 Å². The van der Waals surface area contributed by atoms with E-state index in [1.54, 1.807) is 23.3 Å². The Labute approximate surface area is 134 Å². The van der Waals surface area contributed by atoms with Crippen molar-refractivity contribution < 1.29 is 4.79 Å². The third-order valence-corrected chi connectivity index (χ3v) is 3.88. The van der Waals surface area contributed by atoms with Crippen LogP contribution in [-0.2, 0) is 20.6 Å². The molecule has 7 heteroatoms. The normalized spacial score (nSPS) is 11.1. The van der Waals surface area contributed by atoms with E-state index < -0.39 is 0 Å². The summed E-state index contributed by atoms with van der Waals surface area (Å²) >= 11 is 0. The molecule has 0 atom stereocenters. The molecule has 0 aliphatic carbocycles. The van der Waals surface area contributed by atoms with Crippen LogP contribution in [0.4, 0.5) is 0 Å². The highest BCUT2D eigenvalue weighted by atomic mass is 16.2. The van der Waals surface area contributed by atoms with Crippen LogP contribution in [-0.4, -0.2) is 41.7 Å². The first kappa shape index (κ1) is 15.2. The molecule has 1 amide bonds. The van der Waals surface area contributed by atoms with Crippen molar-refractivity contribution >= 4 is 16.9 Å². The van der Waals surface area contributed by atoms with Gasteiger partial charge in [-0.1, -0.05) is 6.92 Å².